The molecule has 2 aromatic rings. The van der Waals surface area contributed by atoms with Crippen molar-refractivity contribution in [2.45, 2.75) is 25.9 Å². The van der Waals surface area contributed by atoms with Gasteiger partial charge in [-0.25, -0.2) is 4.98 Å². The largest absolute Gasteiger partial charge is 0.494 e. The average molecular weight is 298 g/mol. The number of methoxy groups -OCH3 is 1. The molecule has 0 unspecified atom stereocenters. The Bertz CT molecular complexity index is 557. The Balaban J connectivity index is 2.10. The highest BCUT2D eigenvalue weighted by Crippen LogP contribution is 2.31. The molecule has 2 aromatic heterocycles. The fourth-order valence-electron chi connectivity index (χ4n) is 1.77. The van der Waals surface area contributed by atoms with Crippen LogP contribution in [0.25, 0.3) is 11.0 Å². The minimum Gasteiger partial charge on any atom is -0.494 e. The van der Waals surface area contributed by atoms with E-state index < -0.39 is 0 Å². The number of hydrogen-bond acceptors (Lipinski definition) is 3. The van der Waals surface area contributed by atoms with Gasteiger partial charge in [-0.15, -0.1) is 0 Å². The van der Waals surface area contributed by atoms with E-state index in [4.69, 9.17) is 21.1 Å². The number of aromatic nitrogens is 2. The van der Waals surface area contributed by atoms with E-state index in [-0.39, 0.29) is 8.80 Å². The maximum atomic E-state index is 6.24. The topological polar surface area (TPSA) is 36.3 Å². The molecular weight excluding hydrogens is 280 g/mol. The summed E-state index contributed by atoms with van der Waals surface area (Å²) in [7, 11) is 1.37. The van der Waals surface area contributed by atoms with Crippen molar-refractivity contribution in [2.75, 3.05) is 13.7 Å². The zero-order valence-corrected chi connectivity index (χ0v) is 13.2. The molecule has 0 saturated carbocycles. The second kappa shape index (κ2) is 6.41. The van der Waals surface area contributed by atoms with Crippen molar-refractivity contribution >= 4 is 31.4 Å². The van der Waals surface area contributed by atoms with Crippen LogP contribution in [0.2, 0.25) is 24.2 Å². The van der Waals surface area contributed by atoms with Crippen LogP contribution in [0.5, 0.6) is 5.75 Å². The molecule has 103 valence electrons. The molecule has 0 spiro atoms. The van der Waals surface area contributed by atoms with Gasteiger partial charge in [-0.3, -0.25) is 0 Å². The lowest BCUT2D eigenvalue weighted by Crippen LogP contribution is -2.08. The van der Waals surface area contributed by atoms with Gasteiger partial charge in [0.2, 0.25) is 0 Å². The number of rotatable bonds is 6. The summed E-state index contributed by atoms with van der Waals surface area (Å²) in [6, 6.07) is 3.09. The van der Waals surface area contributed by atoms with Crippen LogP contribution in [-0.4, -0.2) is 32.1 Å². The molecular formula is C13H18ClN2O2Si. The van der Waals surface area contributed by atoms with Crippen molar-refractivity contribution in [3.05, 3.63) is 23.5 Å². The standard InChI is InChI=1S/C13H18ClN2O2Si/c1-17-11-8-15-13-10(12(11)14)4-5-16(13)9-18-6-7-19(2)3/h4-5,8H,6-7,9H2,1-3H3. The monoisotopic (exact) mass is 297 g/mol. The maximum absolute atomic E-state index is 6.24. The van der Waals surface area contributed by atoms with Crippen molar-refractivity contribution in [1.82, 2.24) is 9.55 Å². The summed E-state index contributed by atoms with van der Waals surface area (Å²) in [5.41, 5.74) is 0.823. The highest BCUT2D eigenvalue weighted by molar-refractivity contribution is 6.55. The summed E-state index contributed by atoms with van der Waals surface area (Å²) in [6.45, 7) is 5.87. The lowest BCUT2D eigenvalue weighted by Gasteiger charge is -2.08. The zero-order valence-electron chi connectivity index (χ0n) is 11.4. The third kappa shape index (κ3) is 3.29. The maximum Gasteiger partial charge on any atom is 0.156 e. The molecule has 0 atom stereocenters. The summed E-state index contributed by atoms with van der Waals surface area (Å²) in [5.74, 6) is 0.594. The number of halogens is 1. The van der Waals surface area contributed by atoms with E-state index in [9.17, 15) is 0 Å². The van der Waals surface area contributed by atoms with Crippen LogP contribution >= 0.6 is 11.6 Å². The second-order valence-electron chi connectivity index (χ2n) is 4.66. The highest BCUT2D eigenvalue weighted by atomic mass is 35.5. The number of nitrogens with zero attached hydrogens (tertiary/aromatic N) is 2. The van der Waals surface area contributed by atoms with Gasteiger partial charge in [0.1, 0.15) is 12.4 Å². The number of ether oxygens (including phenoxy) is 2. The normalized spacial score (nSPS) is 11.4. The smallest absolute Gasteiger partial charge is 0.156 e. The fourth-order valence-corrected chi connectivity index (χ4v) is 2.60. The van der Waals surface area contributed by atoms with Gasteiger partial charge in [0.15, 0.2) is 5.75 Å². The molecule has 2 heterocycles. The number of fused-ring (bicyclic) bond motifs is 1. The average Bonchev–Trinajstić information content (AvgIpc) is 2.79. The van der Waals surface area contributed by atoms with Crippen LogP contribution < -0.4 is 4.74 Å². The lowest BCUT2D eigenvalue weighted by atomic mass is 10.3. The van der Waals surface area contributed by atoms with Gasteiger partial charge in [0.05, 0.1) is 18.3 Å². The van der Waals surface area contributed by atoms with E-state index in [1.165, 1.54) is 0 Å². The van der Waals surface area contributed by atoms with Crippen LogP contribution in [0.15, 0.2) is 18.5 Å². The van der Waals surface area contributed by atoms with E-state index in [1.54, 1.807) is 13.3 Å². The minimum absolute atomic E-state index is 0.220. The zero-order chi connectivity index (χ0) is 13.8. The highest BCUT2D eigenvalue weighted by Gasteiger charge is 2.10. The predicted octanol–water partition coefficient (Wildman–Crippen LogP) is 3.43. The van der Waals surface area contributed by atoms with Crippen molar-refractivity contribution in [3.63, 3.8) is 0 Å². The van der Waals surface area contributed by atoms with Crippen molar-refractivity contribution in [1.29, 1.82) is 0 Å². The van der Waals surface area contributed by atoms with Crippen molar-refractivity contribution in [2.24, 2.45) is 0 Å². The summed E-state index contributed by atoms with van der Waals surface area (Å²) < 4.78 is 12.8. The van der Waals surface area contributed by atoms with E-state index in [0.717, 1.165) is 23.7 Å². The summed E-state index contributed by atoms with van der Waals surface area (Å²) >= 11 is 6.24. The molecule has 4 nitrogen and oxygen atoms in total. The van der Waals surface area contributed by atoms with Crippen LogP contribution in [-0.2, 0) is 11.5 Å². The van der Waals surface area contributed by atoms with E-state index in [0.29, 0.717) is 17.5 Å². The van der Waals surface area contributed by atoms with Gasteiger partial charge < -0.3 is 14.0 Å². The SMILES string of the molecule is COc1cnc2c(ccn2COCC[Si](C)C)c1Cl. The summed E-state index contributed by atoms with van der Waals surface area (Å²) in [5, 5.41) is 1.49. The van der Waals surface area contributed by atoms with Crippen LogP contribution in [0, 0.1) is 0 Å². The first-order valence-electron chi connectivity index (χ1n) is 6.17. The first-order chi connectivity index (χ1) is 9.13. The van der Waals surface area contributed by atoms with Crippen LogP contribution in [0.4, 0.5) is 0 Å². The molecule has 2 rings (SSSR count). The van der Waals surface area contributed by atoms with Gasteiger partial charge in [0.25, 0.3) is 0 Å². The second-order valence-corrected chi connectivity index (χ2v) is 7.95. The van der Waals surface area contributed by atoms with E-state index in [1.807, 2.05) is 16.8 Å². The molecule has 0 aliphatic carbocycles. The molecule has 6 heteroatoms. The minimum atomic E-state index is -0.220. The van der Waals surface area contributed by atoms with Crippen LogP contribution in [0.1, 0.15) is 0 Å². The molecule has 0 N–H and O–H groups in total. The van der Waals surface area contributed by atoms with Crippen molar-refractivity contribution < 1.29 is 9.47 Å². The van der Waals surface area contributed by atoms with Crippen molar-refractivity contribution in [3.8, 4) is 5.75 Å². The Hall–Kier alpha value is -1.04. The molecule has 1 radical (unpaired) electrons. The summed E-state index contributed by atoms with van der Waals surface area (Å²) in [4.78, 5) is 4.37. The Morgan fingerprint density at radius 2 is 2.21 bits per heavy atom. The Kier molecular flexibility index (Phi) is 4.85. The third-order valence-electron chi connectivity index (χ3n) is 2.89. The van der Waals surface area contributed by atoms with E-state index in [2.05, 4.69) is 18.1 Å². The fraction of sp³-hybridized carbons (Fsp3) is 0.462. The molecule has 0 aromatic carbocycles. The molecule has 0 aliphatic heterocycles. The summed E-state index contributed by atoms with van der Waals surface area (Å²) in [6.07, 6.45) is 3.58. The van der Waals surface area contributed by atoms with Gasteiger partial charge in [-0.2, -0.15) is 0 Å². The van der Waals surface area contributed by atoms with Gasteiger partial charge >= 0.3 is 0 Å². The van der Waals surface area contributed by atoms with Gasteiger partial charge in [0, 0.05) is 27.0 Å². The number of hydrogen-bond donors (Lipinski definition) is 0. The molecule has 0 saturated heterocycles. The predicted molar refractivity (Wildman–Crippen MR) is 79.5 cm³/mol. The molecule has 0 bridgehead atoms. The number of pyridine rings is 1. The Labute approximate surface area is 119 Å². The first kappa shape index (κ1) is 14.4. The third-order valence-corrected chi connectivity index (χ3v) is 4.48. The van der Waals surface area contributed by atoms with Gasteiger partial charge in [-0.05, 0) is 12.1 Å². The lowest BCUT2D eigenvalue weighted by molar-refractivity contribution is 0.0902. The Morgan fingerprint density at radius 3 is 2.89 bits per heavy atom. The molecule has 0 amide bonds. The van der Waals surface area contributed by atoms with E-state index >= 15 is 0 Å². The van der Waals surface area contributed by atoms with Gasteiger partial charge in [-0.1, -0.05) is 24.7 Å². The molecule has 19 heavy (non-hydrogen) atoms. The Morgan fingerprint density at radius 1 is 1.42 bits per heavy atom. The molecule has 0 aliphatic rings. The quantitative estimate of drug-likeness (QED) is 0.605. The molecule has 0 fully saturated rings. The first-order valence-corrected chi connectivity index (χ1v) is 9.26. The van der Waals surface area contributed by atoms with Crippen LogP contribution in [0.3, 0.4) is 0 Å².